The molecule has 1 saturated heterocycles. The molecule has 3 aromatic rings. The predicted molar refractivity (Wildman–Crippen MR) is 114 cm³/mol. The quantitative estimate of drug-likeness (QED) is 0.589. The third-order valence-corrected chi connectivity index (χ3v) is 5.81. The zero-order chi connectivity index (χ0) is 20.4. The average molecular weight is 414 g/mol. The second-order valence-electron chi connectivity index (χ2n) is 7.48. The Morgan fingerprint density at radius 1 is 1.24 bits per heavy atom. The van der Waals surface area contributed by atoms with Gasteiger partial charge in [-0.3, -0.25) is 0 Å². The summed E-state index contributed by atoms with van der Waals surface area (Å²) in [6.07, 6.45) is 2.74. The van der Waals surface area contributed by atoms with Gasteiger partial charge in [0.25, 0.3) is 0 Å². The summed E-state index contributed by atoms with van der Waals surface area (Å²) in [4.78, 5) is 12.8. The molecule has 2 heterocycles. The van der Waals surface area contributed by atoms with Crippen molar-refractivity contribution < 1.29 is 14.3 Å². The number of hydrogen-bond acceptors (Lipinski definition) is 5. The van der Waals surface area contributed by atoms with E-state index in [1.165, 1.54) is 0 Å². The predicted octanol–water partition coefficient (Wildman–Crippen LogP) is 4.32. The van der Waals surface area contributed by atoms with Gasteiger partial charge >= 0.3 is 5.63 Å². The third-order valence-electron chi connectivity index (χ3n) is 5.52. The Kier molecular flexibility index (Phi) is 5.90. The molecule has 2 N–H and O–H groups in total. The van der Waals surface area contributed by atoms with Crippen LogP contribution in [0.1, 0.15) is 35.1 Å². The van der Waals surface area contributed by atoms with Gasteiger partial charge in [-0.05, 0) is 37.0 Å². The summed E-state index contributed by atoms with van der Waals surface area (Å²) < 4.78 is 11.3. The Morgan fingerprint density at radius 2 is 2.03 bits per heavy atom. The maximum absolute atomic E-state index is 12.8. The number of fused-ring (bicyclic) bond motifs is 1. The molecule has 0 aliphatic carbocycles. The van der Waals surface area contributed by atoms with E-state index < -0.39 is 0 Å². The monoisotopic (exact) mass is 413 g/mol. The fourth-order valence-corrected chi connectivity index (χ4v) is 4.10. The lowest BCUT2D eigenvalue weighted by atomic mass is 9.98. The molecule has 29 heavy (non-hydrogen) atoms. The average Bonchev–Trinajstić information content (AvgIpc) is 3.23. The number of phenols is 1. The van der Waals surface area contributed by atoms with Gasteiger partial charge < -0.3 is 19.6 Å². The summed E-state index contributed by atoms with van der Waals surface area (Å²) in [5, 5.41) is 14.8. The van der Waals surface area contributed by atoms with E-state index in [4.69, 9.17) is 20.8 Å². The minimum Gasteiger partial charge on any atom is -0.506 e. The van der Waals surface area contributed by atoms with Gasteiger partial charge in [0.15, 0.2) is 0 Å². The summed E-state index contributed by atoms with van der Waals surface area (Å²) >= 11 is 6.30. The molecule has 0 radical (unpaired) electrons. The van der Waals surface area contributed by atoms with E-state index in [0.717, 1.165) is 36.0 Å². The third kappa shape index (κ3) is 4.17. The van der Waals surface area contributed by atoms with E-state index in [2.05, 4.69) is 5.32 Å². The van der Waals surface area contributed by atoms with E-state index >= 15 is 0 Å². The van der Waals surface area contributed by atoms with E-state index in [9.17, 15) is 9.90 Å². The van der Waals surface area contributed by atoms with Crippen LogP contribution in [0.3, 0.4) is 0 Å². The van der Waals surface area contributed by atoms with Gasteiger partial charge in [0.1, 0.15) is 11.3 Å². The lowest BCUT2D eigenvalue weighted by Gasteiger charge is -2.15. The van der Waals surface area contributed by atoms with Crippen LogP contribution in [0.5, 0.6) is 5.75 Å². The van der Waals surface area contributed by atoms with Crippen molar-refractivity contribution in [2.24, 2.45) is 0 Å². The van der Waals surface area contributed by atoms with Gasteiger partial charge in [-0.2, -0.15) is 0 Å². The second-order valence-corrected chi connectivity index (χ2v) is 7.89. The molecule has 1 aromatic heterocycles. The van der Waals surface area contributed by atoms with Crippen LogP contribution >= 0.6 is 11.6 Å². The van der Waals surface area contributed by atoms with Crippen LogP contribution in [0.25, 0.3) is 11.0 Å². The molecule has 0 bridgehead atoms. The molecule has 0 saturated carbocycles. The second kappa shape index (κ2) is 8.57. The first-order valence-electron chi connectivity index (χ1n) is 9.87. The number of halogens is 1. The van der Waals surface area contributed by atoms with Crippen LogP contribution in [-0.2, 0) is 17.7 Å². The molecular formula is C23H24ClNO4. The van der Waals surface area contributed by atoms with Crippen molar-refractivity contribution in [3.05, 3.63) is 74.1 Å². The van der Waals surface area contributed by atoms with Crippen LogP contribution in [0.15, 0.2) is 45.6 Å². The zero-order valence-corrected chi connectivity index (χ0v) is 17.1. The van der Waals surface area contributed by atoms with Gasteiger partial charge in [-0.1, -0.05) is 41.9 Å². The van der Waals surface area contributed by atoms with Crippen molar-refractivity contribution in [2.45, 2.75) is 38.8 Å². The number of aryl methyl sites for hydroxylation is 1. The number of ether oxygens (including phenoxy) is 1. The standard InChI is InChI=1S/C23H24ClNO4/c1-14-17-11-20(24)21(26)19(13-25-12-16-8-5-9-28-16)22(17)29-23(27)18(14)10-15-6-3-2-4-7-15/h2-4,6-7,11,16,25-26H,5,8-10,12-13H2,1H3/t16-/m1/s1. The van der Waals surface area contributed by atoms with Crippen LogP contribution in [0, 0.1) is 6.92 Å². The Hall–Kier alpha value is -2.34. The van der Waals surface area contributed by atoms with Crippen LogP contribution in [-0.4, -0.2) is 24.4 Å². The summed E-state index contributed by atoms with van der Waals surface area (Å²) in [6, 6.07) is 11.5. The van der Waals surface area contributed by atoms with Crippen molar-refractivity contribution in [1.82, 2.24) is 5.32 Å². The number of rotatable bonds is 6. The summed E-state index contributed by atoms with van der Waals surface area (Å²) in [5.74, 6) is -0.0580. The number of nitrogens with one attached hydrogen (secondary N) is 1. The molecule has 6 heteroatoms. The fourth-order valence-electron chi connectivity index (χ4n) is 3.87. The molecule has 1 atom stereocenters. The highest BCUT2D eigenvalue weighted by molar-refractivity contribution is 6.33. The molecule has 1 fully saturated rings. The first kappa shape index (κ1) is 20.0. The highest BCUT2D eigenvalue weighted by Gasteiger charge is 2.20. The van der Waals surface area contributed by atoms with Crippen molar-refractivity contribution in [2.75, 3.05) is 13.2 Å². The van der Waals surface area contributed by atoms with E-state index in [1.807, 2.05) is 37.3 Å². The van der Waals surface area contributed by atoms with Crippen molar-refractivity contribution in [3.63, 3.8) is 0 Å². The zero-order valence-electron chi connectivity index (χ0n) is 16.3. The van der Waals surface area contributed by atoms with Crippen molar-refractivity contribution in [1.29, 1.82) is 0 Å². The SMILES string of the molecule is Cc1c(Cc2ccccc2)c(=O)oc2c(CNC[C@H]3CCCO3)c(O)c(Cl)cc12. The molecule has 0 amide bonds. The van der Waals surface area contributed by atoms with Crippen LogP contribution < -0.4 is 10.9 Å². The number of benzene rings is 2. The van der Waals surface area contributed by atoms with Crippen molar-refractivity contribution >= 4 is 22.6 Å². The Morgan fingerprint density at radius 3 is 2.76 bits per heavy atom. The van der Waals surface area contributed by atoms with E-state index in [0.29, 0.717) is 36.2 Å². The highest BCUT2D eigenvalue weighted by atomic mass is 35.5. The Bertz CT molecular complexity index is 1070. The van der Waals surface area contributed by atoms with Gasteiger partial charge in [0.05, 0.1) is 16.7 Å². The lowest BCUT2D eigenvalue weighted by Crippen LogP contribution is -2.26. The molecule has 2 aromatic carbocycles. The fraction of sp³-hybridized carbons (Fsp3) is 0.348. The molecule has 152 valence electrons. The molecule has 4 rings (SSSR count). The van der Waals surface area contributed by atoms with Crippen LogP contribution in [0.2, 0.25) is 5.02 Å². The summed E-state index contributed by atoms with van der Waals surface area (Å²) in [5.41, 5.74) is 2.95. The molecule has 5 nitrogen and oxygen atoms in total. The minimum absolute atomic E-state index is 0.0580. The van der Waals surface area contributed by atoms with Gasteiger partial charge in [0, 0.05) is 37.1 Å². The maximum Gasteiger partial charge on any atom is 0.340 e. The topological polar surface area (TPSA) is 71.7 Å². The molecular weight excluding hydrogens is 390 g/mol. The Labute approximate surface area is 174 Å². The van der Waals surface area contributed by atoms with Gasteiger partial charge in [-0.15, -0.1) is 0 Å². The number of phenolic OH excluding ortho intramolecular Hbond substituents is 1. The normalized spacial score (nSPS) is 16.6. The van der Waals surface area contributed by atoms with Crippen molar-refractivity contribution in [3.8, 4) is 5.75 Å². The molecule has 0 spiro atoms. The lowest BCUT2D eigenvalue weighted by molar-refractivity contribution is 0.110. The minimum atomic E-state index is -0.388. The van der Waals surface area contributed by atoms with Gasteiger partial charge in [-0.25, -0.2) is 4.79 Å². The maximum atomic E-state index is 12.8. The Balaban J connectivity index is 1.70. The summed E-state index contributed by atoms with van der Waals surface area (Å²) in [6.45, 7) is 3.69. The molecule has 1 aliphatic rings. The first-order valence-corrected chi connectivity index (χ1v) is 10.2. The van der Waals surface area contributed by atoms with Gasteiger partial charge in [0.2, 0.25) is 0 Å². The first-order chi connectivity index (χ1) is 14.0. The number of hydrogen-bond donors (Lipinski definition) is 2. The van der Waals surface area contributed by atoms with E-state index in [1.54, 1.807) is 6.07 Å². The summed E-state index contributed by atoms with van der Waals surface area (Å²) in [7, 11) is 0. The van der Waals surface area contributed by atoms with Crippen LogP contribution in [0.4, 0.5) is 0 Å². The molecule has 1 aliphatic heterocycles. The number of aromatic hydroxyl groups is 1. The molecule has 0 unspecified atom stereocenters. The largest absolute Gasteiger partial charge is 0.506 e. The highest BCUT2D eigenvalue weighted by Crippen LogP contribution is 2.36. The van der Waals surface area contributed by atoms with E-state index in [-0.39, 0.29) is 22.5 Å². The smallest absolute Gasteiger partial charge is 0.340 e.